The van der Waals surface area contributed by atoms with Gasteiger partial charge in [0.25, 0.3) is 11.8 Å². The van der Waals surface area contributed by atoms with Crippen LogP contribution < -0.4 is 5.32 Å². The molecule has 2 N–H and O–H groups in total. The van der Waals surface area contributed by atoms with Crippen molar-refractivity contribution in [1.29, 1.82) is 0 Å². The Morgan fingerprint density at radius 3 is 2.60 bits per heavy atom. The Bertz CT molecular complexity index is 522. The number of aliphatic carboxylic acids is 1. The van der Waals surface area contributed by atoms with Crippen LogP contribution in [-0.4, -0.2) is 34.4 Å². The minimum absolute atomic E-state index is 0.00171. The third kappa shape index (κ3) is 2.92. The molecule has 1 unspecified atom stereocenters. The van der Waals surface area contributed by atoms with Crippen LogP contribution in [0.25, 0.3) is 0 Å². The molecule has 1 aromatic heterocycles. The van der Waals surface area contributed by atoms with Crippen molar-refractivity contribution in [3.8, 4) is 0 Å². The highest BCUT2D eigenvalue weighted by atomic mass is 19.3. The summed E-state index contributed by atoms with van der Waals surface area (Å²) < 4.78 is 26.5. The summed E-state index contributed by atoms with van der Waals surface area (Å²) in [6, 6.07) is 4.81. The van der Waals surface area contributed by atoms with Crippen LogP contribution >= 0.6 is 0 Å². The zero-order chi connectivity index (χ0) is 14.8. The monoisotopic (exact) mass is 284 g/mol. The largest absolute Gasteiger partial charge is 0.481 e. The fourth-order valence-corrected chi connectivity index (χ4v) is 2.22. The summed E-state index contributed by atoms with van der Waals surface area (Å²) in [5, 5.41) is 11.2. The van der Waals surface area contributed by atoms with Gasteiger partial charge in [-0.2, -0.15) is 0 Å². The molecule has 0 spiro atoms. The number of hydrogen-bond acceptors (Lipinski definition) is 3. The summed E-state index contributed by atoms with van der Waals surface area (Å²) in [6.45, 7) is -0.00171. The number of aromatic nitrogens is 1. The highest BCUT2D eigenvalue weighted by molar-refractivity contribution is 5.92. The van der Waals surface area contributed by atoms with Crippen LogP contribution in [0.15, 0.2) is 24.4 Å². The number of nitrogens with zero attached hydrogens (tertiary/aromatic N) is 1. The zero-order valence-electron chi connectivity index (χ0n) is 10.6. The minimum Gasteiger partial charge on any atom is -0.481 e. The number of carbonyl (C=O) groups is 2. The molecule has 0 aromatic carbocycles. The van der Waals surface area contributed by atoms with E-state index in [-0.39, 0.29) is 18.7 Å². The van der Waals surface area contributed by atoms with Crippen LogP contribution in [0.1, 0.15) is 29.8 Å². The molecule has 1 aliphatic carbocycles. The van der Waals surface area contributed by atoms with Gasteiger partial charge in [-0.25, -0.2) is 8.78 Å². The van der Waals surface area contributed by atoms with Crippen LogP contribution in [0, 0.1) is 5.41 Å². The maximum absolute atomic E-state index is 13.3. The molecule has 0 saturated heterocycles. The van der Waals surface area contributed by atoms with Crippen LogP contribution in [0.5, 0.6) is 0 Å². The Morgan fingerprint density at radius 2 is 2.10 bits per heavy atom. The second-order valence-corrected chi connectivity index (χ2v) is 4.95. The van der Waals surface area contributed by atoms with Crippen molar-refractivity contribution in [1.82, 2.24) is 10.3 Å². The van der Waals surface area contributed by atoms with Gasteiger partial charge < -0.3 is 10.4 Å². The lowest BCUT2D eigenvalue weighted by atomic mass is 9.97. The van der Waals surface area contributed by atoms with Crippen LogP contribution in [0.2, 0.25) is 0 Å². The third-order valence-corrected chi connectivity index (χ3v) is 3.49. The first kappa shape index (κ1) is 14.4. The predicted molar refractivity (Wildman–Crippen MR) is 65.4 cm³/mol. The first-order valence-corrected chi connectivity index (χ1v) is 6.15. The van der Waals surface area contributed by atoms with Crippen LogP contribution in [-0.2, 0) is 4.79 Å². The molecule has 5 nitrogen and oxygen atoms in total. The average molecular weight is 284 g/mol. The van der Waals surface area contributed by atoms with E-state index < -0.39 is 36.1 Å². The number of pyridine rings is 1. The molecule has 1 atom stereocenters. The van der Waals surface area contributed by atoms with Gasteiger partial charge in [-0.3, -0.25) is 14.6 Å². The number of nitrogens with one attached hydrogen (secondary N) is 1. The van der Waals surface area contributed by atoms with E-state index >= 15 is 0 Å². The van der Waals surface area contributed by atoms with Gasteiger partial charge >= 0.3 is 5.97 Å². The lowest BCUT2D eigenvalue weighted by molar-refractivity contribution is -0.139. The van der Waals surface area contributed by atoms with Crippen molar-refractivity contribution >= 4 is 11.9 Å². The Kier molecular flexibility index (Phi) is 3.69. The zero-order valence-corrected chi connectivity index (χ0v) is 10.6. The molecule has 20 heavy (non-hydrogen) atoms. The molecule has 1 aliphatic rings. The first-order valence-electron chi connectivity index (χ1n) is 6.15. The van der Waals surface area contributed by atoms with Crippen molar-refractivity contribution in [3.05, 3.63) is 30.1 Å². The number of carbonyl (C=O) groups excluding carboxylic acids is 1. The number of carboxylic acids is 1. The smallest absolute Gasteiger partial charge is 0.304 e. The number of rotatable bonds is 6. The number of alkyl halides is 2. The first-order chi connectivity index (χ1) is 9.36. The SMILES string of the molecule is O=C(O)CC1(CCNC(=O)c2ccccn2)CC1(F)F. The van der Waals surface area contributed by atoms with E-state index in [2.05, 4.69) is 10.3 Å². The summed E-state index contributed by atoms with van der Waals surface area (Å²) in [4.78, 5) is 26.1. The second kappa shape index (κ2) is 5.15. The number of hydrogen-bond donors (Lipinski definition) is 2. The van der Waals surface area contributed by atoms with E-state index in [4.69, 9.17) is 5.11 Å². The highest BCUT2D eigenvalue weighted by Gasteiger charge is 2.70. The lowest BCUT2D eigenvalue weighted by Gasteiger charge is -2.14. The topological polar surface area (TPSA) is 79.3 Å². The normalized spacial score (nSPS) is 23.1. The van der Waals surface area contributed by atoms with Gasteiger partial charge in [-0.05, 0) is 18.6 Å². The summed E-state index contributed by atoms with van der Waals surface area (Å²) in [7, 11) is 0. The van der Waals surface area contributed by atoms with E-state index in [1.807, 2.05) is 0 Å². The summed E-state index contributed by atoms with van der Waals surface area (Å²) in [5.41, 5.74) is -1.32. The molecule has 1 heterocycles. The molecular weight excluding hydrogens is 270 g/mol. The molecular formula is C13H14F2N2O3. The van der Waals surface area contributed by atoms with Gasteiger partial charge in [0, 0.05) is 19.2 Å². The van der Waals surface area contributed by atoms with Crippen molar-refractivity contribution < 1.29 is 23.5 Å². The maximum atomic E-state index is 13.3. The Balaban J connectivity index is 1.86. The highest BCUT2D eigenvalue weighted by Crippen LogP contribution is 2.64. The van der Waals surface area contributed by atoms with Crippen molar-refractivity contribution in [2.45, 2.75) is 25.2 Å². The molecule has 0 radical (unpaired) electrons. The summed E-state index contributed by atoms with van der Waals surface area (Å²) in [6.07, 6.45) is 0.367. The molecule has 7 heteroatoms. The molecule has 1 aromatic rings. The minimum atomic E-state index is -2.96. The molecule has 1 amide bonds. The average Bonchev–Trinajstić information content (AvgIpc) is 2.90. The number of halogens is 2. The fourth-order valence-electron chi connectivity index (χ4n) is 2.22. The summed E-state index contributed by atoms with van der Waals surface area (Å²) in [5.74, 6) is -4.67. The van der Waals surface area contributed by atoms with Gasteiger partial charge in [0.1, 0.15) is 5.69 Å². The Labute approximate surface area is 114 Å². The standard InChI is InChI=1S/C13H14F2N2O3/c14-13(15)8-12(13,7-10(18)19)4-6-17-11(20)9-3-1-2-5-16-9/h1-3,5H,4,6-8H2,(H,17,20)(H,18,19). The van der Waals surface area contributed by atoms with Gasteiger partial charge in [0.05, 0.1) is 11.8 Å². The van der Waals surface area contributed by atoms with Crippen molar-refractivity contribution in [2.24, 2.45) is 5.41 Å². The van der Waals surface area contributed by atoms with E-state index in [0.717, 1.165) is 0 Å². The maximum Gasteiger partial charge on any atom is 0.304 e. The second-order valence-electron chi connectivity index (χ2n) is 4.95. The predicted octanol–water partition coefficient (Wildman–Crippen LogP) is 1.70. The van der Waals surface area contributed by atoms with Gasteiger partial charge in [-0.15, -0.1) is 0 Å². The van der Waals surface area contributed by atoms with Crippen LogP contribution in [0.4, 0.5) is 8.78 Å². The molecule has 0 bridgehead atoms. The Morgan fingerprint density at radius 1 is 1.40 bits per heavy atom. The van der Waals surface area contributed by atoms with Crippen molar-refractivity contribution in [3.63, 3.8) is 0 Å². The van der Waals surface area contributed by atoms with Crippen molar-refractivity contribution in [2.75, 3.05) is 6.54 Å². The lowest BCUT2D eigenvalue weighted by Crippen LogP contribution is -2.29. The molecule has 108 valence electrons. The third-order valence-electron chi connectivity index (χ3n) is 3.49. The van der Waals surface area contributed by atoms with E-state index in [1.54, 1.807) is 12.1 Å². The molecule has 1 saturated carbocycles. The van der Waals surface area contributed by atoms with E-state index in [9.17, 15) is 18.4 Å². The van der Waals surface area contributed by atoms with Crippen LogP contribution in [0.3, 0.4) is 0 Å². The number of amides is 1. The molecule has 1 fully saturated rings. The van der Waals surface area contributed by atoms with Gasteiger partial charge in [-0.1, -0.05) is 6.07 Å². The summed E-state index contributed by atoms with van der Waals surface area (Å²) >= 11 is 0. The molecule has 0 aliphatic heterocycles. The number of carboxylic acid groups (broad SMARTS) is 1. The van der Waals surface area contributed by atoms with Gasteiger partial charge in [0.15, 0.2) is 0 Å². The van der Waals surface area contributed by atoms with E-state index in [1.165, 1.54) is 12.3 Å². The van der Waals surface area contributed by atoms with Gasteiger partial charge in [0.2, 0.25) is 0 Å². The quantitative estimate of drug-likeness (QED) is 0.833. The fraction of sp³-hybridized carbons (Fsp3) is 0.462. The van der Waals surface area contributed by atoms with E-state index in [0.29, 0.717) is 0 Å². The Hall–Kier alpha value is -2.05. The molecule has 2 rings (SSSR count).